The van der Waals surface area contributed by atoms with Crippen LogP contribution in [0.3, 0.4) is 0 Å². The number of ether oxygens (including phenoxy) is 1. The van der Waals surface area contributed by atoms with E-state index in [4.69, 9.17) is 4.74 Å². The summed E-state index contributed by atoms with van der Waals surface area (Å²) in [5.74, 6) is 1.99. The lowest BCUT2D eigenvalue weighted by Gasteiger charge is -2.19. The van der Waals surface area contributed by atoms with Gasteiger partial charge in [-0.25, -0.2) is 0 Å². The molecule has 1 saturated heterocycles. The zero-order valence-electron chi connectivity index (χ0n) is 13.2. The lowest BCUT2D eigenvalue weighted by atomic mass is 10.4. The van der Waals surface area contributed by atoms with Crippen molar-refractivity contribution in [3.05, 3.63) is 0 Å². The molecule has 0 spiro atoms. The molecule has 1 aliphatic heterocycles. The molecule has 0 radical (unpaired) electrons. The van der Waals surface area contributed by atoms with E-state index >= 15 is 0 Å². The minimum Gasteiger partial charge on any atom is -0.380 e. The molecule has 0 aromatic carbocycles. The van der Waals surface area contributed by atoms with E-state index in [1.54, 1.807) is 0 Å². The van der Waals surface area contributed by atoms with E-state index in [0.717, 1.165) is 25.6 Å². The zero-order valence-corrected chi connectivity index (χ0v) is 13.2. The smallest absolute Gasteiger partial charge is 0.231 e. The van der Waals surface area contributed by atoms with Gasteiger partial charge in [-0.2, -0.15) is 15.0 Å². The first-order valence-electron chi connectivity index (χ1n) is 7.82. The lowest BCUT2D eigenvalue weighted by molar-refractivity contribution is 0.141. The van der Waals surface area contributed by atoms with E-state index in [-0.39, 0.29) is 6.04 Å². The maximum absolute atomic E-state index is 5.42. The SMILES string of the molecule is CCNc1nc(NC(C)COCC)nc(N2CCCC2)n1. The van der Waals surface area contributed by atoms with Crippen molar-refractivity contribution in [2.45, 2.75) is 39.7 Å². The maximum atomic E-state index is 5.42. The van der Waals surface area contributed by atoms with Gasteiger partial charge in [-0.15, -0.1) is 0 Å². The van der Waals surface area contributed by atoms with Crippen LogP contribution in [0.5, 0.6) is 0 Å². The quantitative estimate of drug-likeness (QED) is 0.756. The van der Waals surface area contributed by atoms with Crippen molar-refractivity contribution in [2.24, 2.45) is 0 Å². The van der Waals surface area contributed by atoms with Crippen molar-refractivity contribution in [2.75, 3.05) is 48.4 Å². The van der Waals surface area contributed by atoms with Crippen molar-refractivity contribution in [3.8, 4) is 0 Å². The summed E-state index contributed by atoms with van der Waals surface area (Å²) < 4.78 is 5.42. The molecule has 1 aromatic heterocycles. The van der Waals surface area contributed by atoms with E-state index in [1.807, 2.05) is 13.8 Å². The van der Waals surface area contributed by atoms with Gasteiger partial charge in [-0.1, -0.05) is 0 Å². The molecule has 118 valence electrons. The molecule has 1 aliphatic rings. The number of hydrogen-bond donors (Lipinski definition) is 2. The molecular formula is C14H26N6O. The standard InChI is InChI=1S/C14H26N6O/c1-4-15-12-17-13(16-11(3)10-21-5-2)19-14(18-12)20-8-6-7-9-20/h11H,4-10H2,1-3H3,(H2,15,16,17,18,19). The molecule has 0 aliphatic carbocycles. The Hall–Kier alpha value is -1.63. The van der Waals surface area contributed by atoms with Crippen LogP contribution >= 0.6 is 0 Å². The molecule has 1 fully saturated rings. The Labute approximate surface area is 126 Å². The molecular weight excluding hydrogens is 268 g/mol. The van der Waals surface area contributed by atoms with Crippen LogP contribution in [0.15, 0.2) is 0 Å². The molecule has 0 saturated carbocycles. The predicted octanol–water partition coefficient (Wildman–Crippen LogP) is 1.74. The molecule has 7 nitrogen and oxygen atoms in total. The lowest BCUT2D eigenvalue weighted by Crippen LogP contribution is -2.26. The van der Waals surface area contributed by atoms with Crippen molar-refractivity contribution >= 4 is 17.8 Å². The third kappa shape index (κ3) is 4.70. The number of nitrogens with zero attached hydrogens (tertiary/aromatic N) is 4. The van der Waals surface area contributed by atoms with Gasteiger partial charge in [-0.05, 0) is 33.6 Å². The topological polar surface area (TPSA) is 75.2 Å². The summed E-state index contributed by atoms with van der Waals surface area (Å²) in [5.41, 5.74) is 0. The van der Waals surface area contributed by atoms with Gasteiger partial charge in [0.2, 0.25) is 17.8 Å². The monoisotopic (exact) mass is 294 g/mol. The van der Waals surface area contributed by atoms with Crippen LogP contribution in [0.2, 0.25) is 0 Å². The second-order valence-electron chi connectivity index (χ2n) is 5.21. The highest BCUT2D eigenvalue weighted by Crippen LogP contribution is 2.18. The van der Waals surface area contributed by atoms with Gasteiger partial charge in [0.15, 0.2) is 0 Å². The normalized spacial score (nSPS) is 16.0. The Balaban J connectivity index is 2.10. The van der Waals surface area contributed by atoms with E-state index in [1.165, 1.54) is 12.8 Å². The summed E-state index contributed by atoms with van der Waals surface area (Å²) in [7, 11) is 0. The third-order valence-electron chi connectivity index (χ3n) is 3.29. The fourth-order valence-corrected chi connectivity index (χ4v) is 2.28. The fourth-order valence-electron chi connectivity index (χ4n) is 2.28. The molecule has 1 aromatic rings. The van der Waals surface area contributed by atoms with E-state index in [0.29, 0.717) is 25.1 Å². The Morgan fingerprint density at radius 2 is 1.86 bits per heavy atom. The van der Waals surface area contributed by atoms with Gasteiger partial charge < -0.3 is 20.3 Å². The minimum absolute atomic E-state index is 0.160. The summed E-state index contributed by atoms with van der Waals surface area (Å²) in [6.07, 6.45) is 2.40. The highest BCUT2D eigenvalue weighted by molar-refractivity contribution is 5.44. The van der Waals surface area contributed by atoms with Gasteiger partial charge in [0, 0.05) is 32.3 Å². The molecule has 7 heteroatoms. The Morgan fingerprint density at radius 1 is 1.14 bits per heavy atom. The average Bonchev–Trinajstić information content (AvgIpc) is 2.99. The predicted molar refractivity (Wildman–Crippen MR) is 85.0 cm³/mol. The van der Waals surface area contributed by atoms with Crippen molar-refractivity contribution < 1.29 is 4.74 Å². The molecule has 0 amide bonds. The van der Waals surface area contributed by atoms with Gasteiger partial charge >= 0.3 is 0 Å². The number of anilines is 3. The van der Waals surface area contributed by atoms with Crippen LogP contribution in [0, 0.1) is 0 Å². The van der Waals surface area contributed by atoms with E-state index in [2.05, 4.69) is 37.4 Å². The molecule has 2 N–H and O–H groups in total. The summed E-state index contributed by atoms with van der Waals surface area (Å²) in [6.45, 7) is 10.3. The number of nitrogens with one attached hydrogen (secondary N) is 2. The van der Waals surface area contributed by atoms with E-state index < -0.39 is 0 Å². The first-order chi connectivity index (χ1) is 10.2. The third-order valence-corrected chi connectivity index (χ3v) is 3.29. The Bertz CT molecular complexity index is 435. The minimum atomic E-state index is 0.160. The van der Waals surface area contributed by atoms with Crippen molar-refractivity contribution in [1.82, 2.24) is 15.0 Å². The number of hydrogen-bond acceptors (Lipinski definition) is 7. The second kappa shape index (κ2) is 7.97. The van der Waals surface area contributed by atoms with Crippen molar-refractivity contribution in [1.29, 1.82) is 0 Å². The molecule has 2 rings (SSSR count). The second-order valence-corrected chi connectivity index (χ2v) is 5.21. The number of aromatic nitrogens is 3. The van der Waals surface area contributed by atoms with Crippen LogP contribution in [-0.4, -0.2) is 53.8 Å². The summed E-state index contributed by atoms with van der Waals surface area (Å²) in [6, 6.07) is 0.160. The van der Waals surface area contributed by atoms with Crippen LogP contribution in [0.25, 0.3) is 0 Å². The Morgan fingerprint density at radius 3 is 2.52 bits per heavy atom. The van der Waals surface area contributed by atoms with Gasteiger partial charge in [0.25, 0.3) is 0 Å². The summed E-state index contributed by atoms with van der Waals surface area (Å²) in [4.78, 5) is 15.7. The Kier molecular flexibility index (Phi) is 5.98. The first kappa shape index (κ1) is 15.8. The maximum Gasteiger partial charge on any atom is 0.231 e. The van der Waals surface area contributed by atoms with E-state index in [9.17, 15) is 0 Å². The van der Waals surface area contributed by atoms with Crippen molar-refractivity contribution in [3.63, 3.8) is 0 Å². The molecule has 1 atom stereocenters. The van der Waals surface area contributed by atoms with Gasteiger partial charge in [-0.3, -0.25) is 0 Å². The number of rotatable bonds is 8. The largest absolute Gasteiger partial charge is 0.380 e. The molecule has 21 heavy (non-hydrogen) atoms. The molecule has 2 heterocycles. The first-order valence-corrected chi connectivity index (χ1v) is 7.82. The molecule has 1 unspecified atom stereocenters. The highest BCUT2D eigenvalue weighted by Gasteiger charge is 2.17. The highest BCUT2D eigenvalue weighted by atomic mass is 16.5. The van der Waals surface area contributed by atoms with Crippen LogP contribution < -0.4 is 15.5 Å². The fraction of sp³-hybridized carbons (Fsp3) is 0.786. The van der Waals surface area contributed by atoms with Crippen LogP contribution in [0.1, 0.15) is 33.6 Å². The molecule has 0 bridgehead atoms. The summed E-state index contributed by atoms with van der Waals surface area (Å²) >= 11 is 0. The average molecular weight is 294 g/mol. The van der Waals surface area contributed by atoms with Crippen LogP contribution in [0.4, 0.5) is 17.8 Å². The van der Waals surface area contributed by atoms with Gasteiger partial charge in [0.05, 0.1) is 6.61 Å². The van der Waals surface area contributed by atoms with Gasteiger partial charge in [0.1, 0.15) is 0 Å². The summed E-state index contributed by atoms with van der Waals surface area (Å²) in [5, 5.41) is 6.45. The zero-order chi connectivity index (χ0) is 15.1. The van der Waals surface area contributed by atoms with Crippen LogP contribution in [-0.2, 0) is 4.74 Å².